The van der Waals surface area contributed by atoms with Crippen molar-refractivity contribution in [3.8, 4) is 0 Å². The van der Waals surface area contributed by atoms with Crippen LogP contribution >= 0.6 is 0 Å². The summed E-state index contributed by atoms with van der Waals surface area (Å²) < 4.78 is 0. The molecule has 1 unspecified atom stereocenters. The van der Waals surface area contributed by atoms with Crippen molar-refractivity contribution in [2.24, 2.45) is 0 Å². The van der Waals surface area contributed by atoms with E-state index < -0.39 is 17.7 Å². The van der Waals surface area contributed by atoms with Gasteiger partial charge in [-0.2, -0.15) is 0 Å². The molecule has 1 amide bonds. The zero-order chi connectivity index (χ0) is 15.2. The number of benzene rings is 1. The zero-order valence-corrected chi connectivity index (χ0v) is 12.0. The lowest BCUT2D eigenvalue weighted by atomic mass is 9.93. The molecule has 0 aromatic heterocycles. The van der Waals surface area contributed by atoms with E-state index in [1.165, 1.54) is 4.90 Å². The topological polar surface area (TPSA) is 81.0 Å². The average molecular weight is 281 g/mol. The van der Waals surface area contributed by atoms with Crippen LogP contribution in [0.25, 0.3) is 0 Å². The summed E-state index contributed by atoms with van der Waals surface area (Å²) in [4.78, 5) is 12.8. The van der Waals surface area contributed by atoms with E-state index in [2.05, 4.69) is 0 Å². The third-order valence-corrected chi connectivity index (χ3v) is 3.34. The van der Waals surface area contributed by atoms with Crippen LogP contribution in [0.3, 0.4) is 0 Å². The van der Waals surface area contributed by atoms with Gasteiger partial charge < -0.3 is 15.3 Å². The van der Waals surface area contributed by atoms with Crippen molar-refractivity contribution in [3.63, 3.8) is 0 Å². The third kappa shape index (κ3) is 4.83. The molecule has 0 heterocycles. The Bertz CT molecular complexity index is 419. The minimum atomic E-state index is -1.02. The maximum absolute atomic E-state index is 11.5. The van der Waals surface area contributed by atoms with Crippen molar-refractivity contribution in [1.29, 1.82) is 0 Å². The van der Waals surface area contributed by atoms with Crippen LogP contribution < -0.4 is 0 Å². The quantitative estimate of drug-likeness (QED) is 0.714. The third-order valence-electron chi connectivity index (χ3n) is 3.34. The van der Waals surface area contributed by atoms with Crippen LogP contribution in [0.1, 0.15) is 32.3 Å². The average Bonchev–Trinajstić information content (AvgIpc) is 2.36. The molecule has 20 heavy (non-hydrogen) atoms. The van der Waals surface area contributed by atoms with Crippen molar-refractivity contribution in [3.05, 3.63) is 35.9 Å². The number of rotatable bonds is 7. The van der Waals surface area contributed by atoms with Crippen molar-refractivity contribution < 1.29 is 20.1 Å². The second kappa shape index (κ2) is 7.26. The van der Waals surface area contributed by atoms with Crippen LogP contribution in [0.5, 0.6) is 0 Å². The standard InChI is InChI=1S/C15H23NO4/c1-15(2,10-13(18)8-9-17)16(14(19)20)11-12-6-4-3-5-7-12/h3-7,13,17-18H,8-11H2,1-2H3,(H,19,20). The summed E-state index contributed by atoms with van der Waals surface area (Å²) in [7, 11) is 0. The second-order valence-electron chi connectivity index (χ2n) is 5.54. The first-order valence-corrected chi connectivity index (χ1v) is 6.70. The second-order valence-corrected chi connectivity index (χ2v) is 5.54. The van der Waals surface area contributed by atoms with E-state index in [1.54, 1.807) is 13.8 Å². The Morgan fingerprint density at radius 1 is 1.30 bits per heavy atom. The van der Waals surface area contributed by atoms with Crippen LogP contribution in [0.15, 0.2) is 30.3 Å². The maximum atomic E-state index is 11.5. The van der Waals surface area contributed by atoms with Gasteiger partial charge in [-0.1, -0.05) is 30.3 Å². The SMILES string of the molecule is CC(C)(CC(O)CCO)N(Cc1ccccc1)C(=O)O. The molecule has 1 rings (SSSR count). The van der Waals surface area contributed by atoms with E-state index >= 15 is 0 Å². The van der Waals surface area contributed by atoms with Gasteiger partial charge >= 0.3 is 6.09 Å². The number of hydrogen-bond donors (Lipinski definition) is 3. The molecule has 0 aliphatic heterocycles. The smallest absolute Gasteiger partial charge is 0.408 e. The van der Waals surface area contributed by atoms with Crippen molar-refractivity contribution in [2.45, 2.75) is 44.9 Å². The van der Waals surface area contributed by atoms with Crippen molar-refractivity contribution in [1.82, 2.24) is 4.90 Å². The molecule has 0 radical (unpaired) electrons. The summed E-state index contributed by atoms with van der Waals surface area (Å²) in [6.07, 6.45) is -1.20. The molecule has 0 spiro atoms. The van der Waals surface area contributed by atoms with Gasteiger partial charge in [-0.25, -0.2) is 4.79 Å². The summed E-state index contributed by atoms with van der Waals surface area (Å²) in [6, 6.07) is 9.35. The molecule has 1 aromatic rings. The van der Waals surface area contributed by atoms with Crippen LogP contribution in [0.2, 0.25) is 0 Å². The molecular weight excluding hydrogens is 258 g/mol. The summed E-state index contributed by atoms with van der Waals surface area (Å²) in [5.41, 5.74) is 0.190. The number of aliphatic hydroxyl groups excluding tert-OH is 2. The van der Waals surface area contributed by atoms with Gasteiger partial charge in [-0.15, -0.1) is 0 Å². The first-order chi connectivity index (χ1) is 9.36. The van der Waals surface area contributed by atoms with Gasteiger partial charge in [0.15, 0.2) is 0 Å². The van der Waals surface area contributed by atoms with Crippen LogP contribution in [0.4, 0.5) is 4.79 Å². The molecule has 0 aliphatic carbocycles. The Hall–Kier alpha value is -1.59. The van der Waals surface area contributed by atoms with E-state index in [-0.39, 0.29) is 26.0 Å². The summed E-state index contributed by atoms with van der Waals surface area (Å²) in [6.45, 7) is 3.73. The lowest BCUT2D eigenvalue weighted by molar-refractivity contribution is 0.0384. The highest BCUT2D eigenvalue weighted by atomic mass is 16.4. The summed E-state index contributed by atoms with van der Waals surface area (Å²) in [5, 5.41) is 28.0. The highest BCUT2D eigenvalue weighted by Gasteiger charge is 2.32. The number of hydrogen-bond acceptors (Lipinski definition) is 3. The highest BCUT2D eigenvalue weighted by Crippen LogP contribution is 2.24. The van der Waals surface area contributed by atoms with Gasteiger partial charge in [0.05, 0.1) is 6.10 Å². The Morgan fingerprint density at radius 2 is 1.90 bits per heavy atom. The number of nitrogens with zero attached hydrogens (tertiary/aromatic N) is 1. The summed E-state index contributed by atoms with van der Waals surface area (Å²) >= 11 is 0. The van der Waals surface area contributed by atoms with Gasteiger partial charge in [0.25, 0.3) is 0 Å². The Balaban J connectivity index is 2.81. The monoisotopic (exact) mass is 281 g/mol. The number of carboxylic acid groups (broad SMARTS) is 1. The Labute approximate surface area is 119 Å². The van der Waals surface area contributed by atoms with Gasteiger partial charge in [0, 0.05) is 18.7 Å². The van der Waals surface area contributed by atoms with Crippen molar-refractivity contribution in [2.75, 3.05) is 6.61 Å². The predicted molar refractivity (Wildman–Crippen MR) is 76.4 cm³/mol. The van der Waals surface area contributed by atoms with E-state index in [1.807, 2.05) is 30.3 Å². The van der Waals surface area contributed by atoms with Crippen LogP contribution in [0, 0.1) is 0 Å². The van der Waals surface area contributed by atoms with Gasteiger partial charge in [-0.3, -0.25) is 4.90 Å². The van der Waals surface area contributed by atoms with E-state index in [4.69, 9.17) is 5.11 Å². The van der Waals surface area contributed by atoms with Crippen molar-refractivity contribution >= 4 is 6.09 Å². The summed E-state index contributed by atoms with van der Waals surface area (Å²) in [5.74, 6) is 0. The molecule has 0 saturated carbocycles. The Kier molecular flexibility index (Phi) is 5.98. The molecule has 5 nitrogen and oxygen atoms in total. The molecule has 1 atom stereocenters. The normalized spacial score (nSPS) is 13.0. The fraction of sp³-hybridized carbons (Fsp3) is 0.533. The van der Waals surface area contributed by atoms with E-state index in [0.29, 0.717) is 0 Å². The van der Waals surface area contributed by atoms with E-state index in [0.717, 1.165) is 5.56 Å². The molecular formula is C15H23NO4. The zero-order valence-electron chi connectivity index (χ0n) is 12.0. The number of amides is 1. The largest absolute Gasteiger partial charge is 0.465 e. The van der Waals surface area contributed by atoms with Gasteiger partial charge in [-0.05, 0) is 32.3 Å². The number of carbonyl (C=O) groups is 1. The first kappa shape index (κ1) is 16.5. The molecule has 1 aromatic carbocycles. The van der Waals surface area contributed by atoms with E-state index in [9.17, 15) is 15.0 Å². The highest BCUT2D eigenvalue weighted by molar-refractivity contribution is 5.66. The van der Waals surface area contributed by atoms with Gasteiger partial charge in [0.1, 0.15) is 0 Å². The Morgan fingerprint density at radius 3 is 2.40 bits per heavy atom. The minimum absolute atomic E-state index is 0.108. The predicted octanol–water partition coefficient (Wildman–Crippen LogP) is 2.08. The molecule has 0 saturated heterocycles. The fourth-order valence-electron chi connectivity index (χ4n) is 2.24. The molecule has 0 aliphatic rings. The molecule has 3 N–H and O–H groups in total. The fourth-order valence-corrected chi connectivity index (χ4v) is 2.24. The minimum Gasteiger partial charge on any atom is -0.465 e. The molecule has 0 bridgehead atoms. The molecule has 5 heteroatoms. The van der Waals surface area contributed by atoms with Crippen LogP contribution in [-0.4, -0.2) is 44.6 Å². The maximum Gasteiger partial charge on any atom is 0.408 e. The lowest BCUT2D eigenvalue weighted by Gasteiger charge is -2.38. The van der Waals surface area contributed by atoms with Gasteiger partial charge in [0.2, 0.25) is 0 Å². The lowest BCUT2D eigenvalue weighted by Crippen LogP contribution is -2.48. The molecule has 0 fully saturated rings. The first-order valence-electron chi connectivity index (χ1n) is 6.70. The molecule has 112 valence electrons. The number of aliphatic hydroxyl groups is 2. The van der Waals surface area contributed by atoms with Crippen LogP contribution in [-0.2, 0) is 6.54 Å².